The molecule has 4 nitrogen and oxygen atoms in total. The normalized spacial score (nSPS) is 10.9. The molecule has 0 fully saturated rings. The maximum absolute atomic E-state index is 6.04. The van der Waals surface area contributed by atoms with Gasteiger partial charge >= 0.3 is 0 Å². The van der Waals surface area contributed by atoms with Crippen molar-refractivity contribution in [3.63, 3.8) is 0 Å². The van der Waals surface area contributed by atoms with E-state index in [-0.39, 0.29) is 0 Å². The third kappa shape index (κ3) is 6.72. The number of nitrogens with zero attached hydrogens (tertiary/aromatic N) is 2. The van der Waals surface area contributed by atoms with Crippen molar-refractivity contribution < 1.29 is 9.47 Å². The minimum Gasteiger partial charge on any atom is -0.490 e. The van der Waals surface area contributed by atoms with E-state index in [1.165, 1.54) is 11.1 Å². The van der Waals surface area contributed by atoms with Crippen molar-refractivity contribution in [2.75, 3.05) is 18.2 Å². The Morgan fingerprint density at radius 1 is 0.706 bits per heavy atom. The monoisotopic (exact) mass is 450 g/mol. The first-order valence-corrected chi connectivity index (χ1v) is 11.7. The zero-order chi connectivity index (χ0) is 23.4. The number of benzene rings is 4. The summed E-state index contributed by atoms with van der Waals surface area (Å²) in [6.45, 7) is 3.82. The molecule has 0 saturated heterocycles. The van der Waals surface area contributed by atoms with Gasteiger partial charge in [-0.05, 0) is 53.9 Å². The fourth-order valence-electron chi connectivity index (χ4n) is 3.61. The van der Waals surface area contributed by atoms with Crippen LogP contribution in [-0.4, -0.2) is 19.4 Å². The Hall–Kier alpha value is -4.05. The van der Waals surface area contributed by atoms with E-state index in [1.807, 2.05) is 90.9 Å². The van der Waals surface area contributed by atoms with Gasteiger partial charge in [0.2, 0.25) is 0 Å². The molecule has 0 bridgehead atoms. The lowest BCUT2D eigenvalue weighted by atomic mass is 10.2. The Morgan fingerprint density at radius 3 is 2.03 bits per heavy atom. The van der Waals surface area contributed by atoms with Crippen molar-refractivity contribution in [2.45, 2.75) is 19.9 Å². The molecule has 4 aromatic carbocycles. The second-order valence-electron chi connectivity index (χ2n) is 7.85. The van der Waals surface area contributed by atoms with Gasteiger partial charge in [0, 0.05) is 6.42 Å². The van der Waals surface area contributed by atoms with Crippen LogP contribution in [0.5, 0.6) is 11.5 Å². The number of para-hydroxylation sites is 1. The summed E-state index contributed by atoms with van der Waals surface area (Å²) in [6, 6.07) is 36.8. The number of anilines is 1. The van der Waals surface area contributed by atoms with E-state index in [9.17, 15) is 0 Å². The van der Waals surface area contributed by atoms with Crippen LogP contribution >= 0.6 is 0 Å². The standard InChI is InChI=1S/C30H30N2O2/c1-2-33-30-22-27(18-19-29(30)34-21-20-25-12-6-3-7-13-25)23-31-32(28-16-10-5-11-17-28)24-26-14-8-4-9-15-26/h3-19,22-23H,2,20-21,24H2,1H3. The van der Waals surface area contributed by atoms with Gasteiger partial charge in [0.05, 0.1) is 31.7 Å². The van der Waals surface area contributed by atoms with Gasteiger partial charge in [0.15, 0.2) is 11.5 Å². The van der Waals surface area contributed by atoms with Crippen LogP contribution in [0.1, 0.15) is 23.6 Å². The van der Waals surface area contributed by atoms with Crippen LogP contribution in [0.2, 0.25) is 0 Å². The highest BCUT2D eigenvalue weighted by Gasteiger charge is 2.08. The summed E-state index contributed by atoms with van der Waals surface area (Å²) in [4.78, 5) is 0. The summed E-state index contributed by atoms with van der Waals surface area (Å²) in [7, 11) is 0. The van der Waals surface area contributed by atoms with Crippen molar-refractivity contribution in [1.29, 1.82) is 0 Å². The fourth-order valence-corrected chi connectivity index (χ4v) is 3.61. The van der Waals surface area contributed by atoms with E-state index in [0.717, 1.165) is 29.2 Å². The molecular formula is C30H30N2O2. The Bertz CT molecular complexity index is 1160. The van der Waals surface area contributed by atoms with Gasteiger partial charge in [-0.15, -0.1) is 0 Å². The SMILES string of the molecule is CCOc1cc(C=NN(Cc2ccccc2)c2ccccc2)ccc1OCCc1ccccc1. The summed E-state index contributed by atoms with van der Waals surface area (Å²) in [6.07, 6.45) is 2.72. The average Bonchev–Trinajstić information content (AvgIpc) is 2.89. The molecule has 0 radical (unpaired) electrons. The lowest BCUT2D eigenvalue weighted by Gasteiger charge is -2.19. The van der Waals surface area contributed by atoms with E-state index in [1.54, 1.807) is 0 Å². The number of hydrogen-bond acceptors (Lipinski definition) is 4. The quantitative estimate of drug-likeness (QED) is 0.187. The molecule has 0 saturated carbocycles. The van der Waals surface area contributed by atoms with E-state index >= 15 is 0 Å². The van der Waals surface area contributed by atoms with Crippen LogP contribution in [0.25, 0.3) is 0 Å². The predicted octanol–water partition coefficient (Wildman–Crippen LogP) is 6.75. The maximum Gasteiger partial charge on any atom is 0.161 e. The molecule has 0 aromatic heterocycles. The van der Waals surface area contributed by atoms with Gasteiger partial charge in [-0.3, -0.25) is 5.01 Å². The van der Waals surface area contributed by atoms with Gasteiger partial charge in [-0.2, -0.15) is 5.10 Å². The van der Waals surface area contributed by atoms with Gasteiger partial charge in [-0.1, -0.05) is 78.9 Å². The Kier molecular flexibility index (Phi) is 8.34. The second-order valence-corrected chi connectivity index (χ2v) is 7.85. The molecule has 4 aromatic rings. The third-order valence-electron chi connectivity index (χ3n) is 5.33. The second kappa shape index (κ2) is 12.3. The zero-order valence-electron chi connectivity index (χ0n) is 19.5. The summed E-state index contributed by atoms with van der Waals surface area (Å²) < 4.78 is 11.9. The van der Waals surface area contributed by atoms with Gasteiger partial charge in [0.1, 0.15) is 0 Å². The van der Waals surface area contributed by atoms with E-state index in [4.69, 9.17) is 14.6 Å². The van der Waals surface area contributed by atoms with Crippen molar-refractivity contribution >= 4 is 11.9 Å². The molecule has 0 spiro atoms. The van der Waals surface area contributed by atoms with E-state index in [0.29, 0.717) is 19.8 Å². The average molecular weight is 451 g/mol. The topological polar surface area (TPSA) is 34.1 Å². The molecule has 4 heteroatoms. The number of rotatable bonds is 11. The first kappa shape index (κ1) is 23.1. The molecule has 0 heterocycles. The van der Waals surface area contributed by atoms with Crippen molar-refractivity contribution in [2.24, 2.45) is 5.10 Å². The first-order valence-electron chi connectivity index (χ1n) is 11.7. The number of hydrazone groups is 1. The largest absolute Gasteiger partial charge is 0.490 e. The molecule has 0 aliphatic heterocycles. The lowest BCUT2D eigenvalue weighted by molar-refractivity contribution is 0.279. The predicted molar refractivity (Wildman–Crippen MR) is 140 cm³/mol. The number of hydrogen-bond donors (Lipinski definition) is 0. The highest BCUT2D eigenvalue weighted by molar-refractivity contribution is 5.81. The Labute approximate surface area is 202 Å². The third-order valence-corrected chi connectivity index (χ3v) is 5.33. The molecule has 34 heavy (non-hydrogen) atoms. The van der Waals surface area contributed by atoms with Crippen LogP contribution in [-0.2, 0) is 13.0 Å². The number of ether oxygens (including phenoxy) is 2. The zero-order valence-corrected chi connectivity index (χ0v) is 19.5. The van der Waals surface area contributed by atoms with Gasteiger partial charge < -0.3 is 9.47 Å². The Morgan fingerprint density at radius 2 is 1.35 bits per heavy atom. The lowest BCUT2D eigenvalue weighted by Crippen LogP contribution is -2.16. The van der Waals surface area contributed by atoms with Crippen LogP contribution in [0, 0.1) is 0 Å². The summed E-state index contributed by atoms with van der Waals surface area (Å²) in [5, 5.41) is 6.80. The fraction of sp³-hybridized carbons (Fsp3) is 0.167. The molecule has 172 valence electrons. The molecule has 0 aliphatic rings. The van der Waals surface area contributed by atoms with Crippen molar-refractivity contribution in [1.82, 2.24) is 0 Å². The van der Waals surface area contributed by atoms with E-state index < -0.39 is 0 Å². The maximum atomic E-state index is 6.04. The molecule has 4 rings (SSSR count). The first-order chi connectivity index (χ1) is 16.8. The summed E-state index contributed by atoms with van der Waals surface area (Å²) in [5.41, 5.74) is 4.44. The minimum atomic E-state index is 0.569. The van der Waals surface area contributed by atoms with E-state index in [2.05, 4.69) is 36.4 Å². The van der Waals surface area contributed by atoms with Crippen molar-refractivity contribution in [3.8, 4) is 11.5 Å². The van der Waals surface area contributed by atoms with Crippen LogP contribution in [0.15, 0.2) is 114 Å². The van der Waals surface area contributed by atoms with Crippen LogP contribution in [0.3, 0.4) is 0 Å². The smallest absolute Gasteiger partial charge is 0.161 e. The van der Waals surface area contributed by atoms with Crippen LogP contribution < -0.4 is 14.5 Å². The molecule has 0 amide bonds. The molecule has 0 atom stereocenters. The highest BCUT2D eigenvalue weighted by atomic mass is 16.5. The summed E-state index contributed by atoms with van der Waals surface area (Å²) >= 11 is 0. The molecule has 0 unspecified atom stereocenters. The van der Waals surface area contributed by atoms with Gasteiger partial charge in [-0.25, -0.2) is 0 Å². The van der Waals surface area contributed by atoms with Gasteiger partial charge in [0.25, 0.3) is 0 Å². The Balaban J connectivity index is 1.49. The van der Waals surface area contributed by atoms with Crippen molar-refractivity contribution in [3.05, 3.63) is 126 Å². The van der Waals surface area contributed by atoms with Crippen LogP contribution in [0.4, 0.5) is 5.69 Å². The highest BCUT2D eigenvalue weighted by Crippen LogP contribution is 2.28. The summed E-state index contributed by atoms with van der Waals surface area (Å²) in [5.74, 6) is 1.48. The molecular weight excluding hydrogens is 420 g/mol. The minimum absolute atomic E-state index is 0.569. The molecule has 0 N–H and O–H groups in total. The molecule has 0 aliphatic carbocycles.